The number of rotatable bonds is 5. The SMILES string of the molecule is COc1ccc(C(=O)c2cn(Cc3cccc(C#N)n3)c3ncccc3c2=O)cc1C. The Morgan fingerprint density at radius 1 is 1.19 bits per heavy atom. The van der Waals surface area contributed by atoms with Gasteiger partial charge in [-0.05, 0) is 55.0 Å². The topological polar surface area (TPSA) is 97.9 Å². The third kappa shape index (κ3) is 3.79. The van der Waals surface area contributed by atoms with Crippen molar-refractivity contribution in [1.82, 2.24) is 14.5 Å². The van der Waals surface area contributed by atoms with Crippen molar-refractivity contribution in [3.05, 3.63) is 99.2 Å². The molecule has 0 aliphatic carbocycles. The summed E-state index contributed by atoms with van der Waals surface area (Å²) in [5, 5.41) is 9.46. The maximum absolute atomic E-state index is 13.2. The summed E-state index contributed by atoms with van der Waals surface area (Å²) in [7, 11) is 1.56. The van der Waals surface area contributed by atoms with E-state index < -0.39 is 0 Å². The van der Waals surface area contributed by atoms with Crippen molar-refractivity contribution in [2.45, 2.75) is 13.5 Å². The molecule has 0 fully saturated rings. The Hall–Kier alpha value is -4.31. The fourth-order valence-electron chi connectivity index (χ4n) is 3.49. The average Bonchev–Trinajstić information content (AvgIpc) is 2.80. The zero-order chi connectivity index (χ0) is 22.0. The minimum atomic E-state index is -0.381. The molecule has 4 rings (SSSR count). The number of ether oxygens (including phenoxy) is 1. The molecule has 3 heterocycles. The Morgan fingerprint density at radius 3 is 2.77 bits per heavy atom. The molecule has 31 heavy (non-hydrogen) atoms. The van der Waals surface area contributed by atoms with Crippen molar-refractivity contribution in [3.63, 3.8) is 0 Å². The lowest BCUT2D eigenvalue weighted by molar-refractivity contribution is 0.103. The molecule has 4 aromatic rings. The number of fused-ring (bicyclic) bond motifs is 1. The largest absolute Gasteiger partial charge is 0.496 e. The van der Waals surface area contributed by atoms with Crippen LogP contribution in [0.1, 0.15) is 32.9 Å². The standard InChI is InChI=1S/C24H18N4O3/c1-15-11-16(8-9-21(15)31-2)22(29)20-14-28(13-18-6-3-5-17(12-25)27-18)24-19(23(20)30)7-4-10-26-24/h3-11,14H,13H2,1-2H3. The molecule has 0 amide bonds. The van der Waals surface area contributed by atoms with Gasteiger partial charge in [0.1, 0.15) is 23.2 Å². The summed E-state index contributed by atoms with van der Waals surface area (Å²) >= 11 is 0. The smallest absolute Gasteiger partial charge is 0.202 e. The summed E-state index contributed by atoms with van der Waals surface area (Å²) in [6.45, 7) is 2.09. The lowest BCUT2D eigenvalue weighted by Gasteiger charge is -2.13. The highest BCUT2D eigenvalue weighted by molar-refractivity contribution is 6.10. The molecule has 7 heteroatoms. The number of aryl methyl sites for hydroxylation is 1. The van der Waals surface area contributed by atoms with Crippen molar-refractivity contribution < 1.29 is 9.53 Å². The van der Waals surface area contributed by atoms with Crippen LogP contribution in [0, 0.1) is 18.3 Å². The van der Waals surface area contributed by atoms with Crippen LogP contribution in [-0.2, 0) is 6.54 Å². The van der Waals surface area contributed by atoms with Gasteiger partial charge < -0.3 is 9.30 Å². The Kier molecular flexibility index (Phi) is 5.29. The summed E-state index contributed by atoms with van der Waals surface area (Å²) in [5.41, 5.74) is 2.22. The number of ketones is 1. The van der Waals surface area contributed by atoms with E-state index in [9.17, 15) is 9.59 Å². The number of benzene rings is 1. The van der Waals surface area contributed by atoms with E-state index in [4.69, 9.17) is 10.00 Å². The first-order valence-electron chi connectivity index (χ1n) is 9.55. The zero-order valence-corrected chi connectivity index (χ0v) is 17.0. The zero-order valence-electron chi connectivity index (χ0n) is 17.0. The number of carbonyl (C=O) groups excluding carboxylic acids is 1. The number of hydrogen-bond acceptors (Lipinski definition) is 6. The van der Waals surface area contributed by atoms with Crippen molar-refractivity contribution in [3.8, 4) is 11.8 Å². The average molecular weight is 410 g/mol. The molecular formula is C24H18N4O3. The van der Waals surface area contributed by atoms with Gasteiger partial charge >= 0.3 is 0 Å². The predicted octanol–water partition coefficient (Wildman–Crippen LogP) is 3.26. The molecule has 0 saturated heterocycles. The third-order valence-electron chi connectivity index (χ3n) is 4.99. The first-order chi connectivity index (χ1) is 15.0. The molecule has 0 aliphatic rings. The molecule has 0 unspecified atom stereocenters. The minimum absolute atomic E-state index is 0.0431. The Morgan fingerprint density at radius 2 is 2.03 bits per heavy atom. The Labute approximate surface area is 178 Å². The summed E-state index contributed by atoms with van der Waals surface area (Å²) in [6.07, 6.45) is 3.10. The van der Waals surface area contributed by atoms with E-state index in [0.29, 0.717) is 33.7 Å². The summed E-state index contributed by atoms with van der Waals surface area (Å²) in [6, 6.07) is 15.5. The van der Waals surface area contributed by atoms with Crippen LogP contribution in [0.3, 0.4) is 0 Å². The second-order valence-electron chi connectivity index (χ2n) is 7.01. The number of hydrogen-bond donors (Lipinski definition) is 0. The van der Waals surface area contributed by atoms with Crippen molar-refractivity contribution in [2.75, 3.05) is 7.11 Å². The molecule has 0 bridgehead atoms. The molecule has 0 spiro atoms. The highest BCUT2D eigenvalue weighted by Crippen LogP contribution is 2.21. The van der Waals surface area contributed by atoms with Gasteiger partial charge in [-0.25, -0.2) is 9.97 Å². The minimum Gasteiger partial charge on any atom is -0.496 e. The molecule has 0 radical (unpaired) electrons. The van der Waals surface area contributed by atoms with E-state index in [-0.39, 0.29) is 23.3 Å². The van der Waals surface area contributed by atoms with Gasteiger partial charge in [-0.15, -0.1) is 0 Å². The first kappa shape index (κ1) is 20.0. The van der Waals surface area contributed by atoms with Gasteiger partial charge in [0.2, 0.25) is 5.43 Å². The van der Waals surface area contributed by atoms with Crippen LogP contribution in [0.5, 0.6) is 5.75 Å². The van der Waals surface area contributed by atoms with E-state index in [1.54, 1.807) is 66.4 Å². The lowest BCUT2D eigenvalue weighted by atomic mass is 10.0. The molecule has 1 aromatic carbocycles. The van der Waals surface area contributed by atoms with Crippen LogP contribution >= 0.6 is 0 Å². The maximum Gasteiger partial charge on any atom is 0.202 e. The van der Waals surface area contributed by atoms with Crippen LogP contribution in [0.25, 0.3) is 11.0 Å². The van der Waals surface area contributed by atoms with Gasteiger partial charge in [0.15, 0.2) is 5.78 Å². The number of aromatic nitrogens is 3. The number of methoxy groups -OCH3 is 1. The Bertz CT molecular complexity index is 1420. The molecule has 0 saturated carbocycles. The molecule has 0 aliphatic heterocycles. The first-order valence-corrected chi connectivity index (χ1v) is 9.55. The normalized spacial score (nSPS) is 10.6. The number of carbonyl (C=O) groups is 1. The molecule has 0 atom stereocenters. The van der Waals surface area contributed by atoms with Gasteiger partial charge in [0, 0.05) is 18.0 Å². The van der Waals surface area contributed by atoms with Gasteiger partial charge in [-0.1, -0.05) is 6.07 Å². The maximum atomic E-state index is 13.2. The van der Waals surface area contributed by atoms with E-state index in [1.807, 2.05) is 13.0 Å². The lowest BCUT2D eigenvalue weighted by Crippen LogP contribution is -2.21. The second kappa shape index (κ2) is 8.20. The van der Waals surface area contributed by atoms with Gasteiger partial charge in [-0.3, -0.25) is 9.59 Å². The molecule has 152 valence electrons. The predicted molar refractivity (Wildman–Crippen MR) is 115 cm³/mol. The van der Waals surface area contributed by atoms with Crippen LogP contribution in [-0.4, -0.2) is 27.4 Å². The van der Waals surface area contributed by atoms with Gasteiger partial charge in [-0.2, -0.15) is 5.26 Å². The van der Waals surface area contributed by atoms with Crippen LogP contribution in [0.2, 0.25) is 0 Å². The van der Waals surface area contributed by atoms with E-state index in [0.717, 1.165) is 5.56 Å². The highest BCUT2D eigenvalue weighted by atomic mass is 16.5. The molecular weight excluding hydrogens is 392 g/mol. The number of nitrogens with zero attached hydrogens (tertiary/aromatic N) is 4. The fraction of sp³-hybridized carbons (Fsp3) is 0.125. The fourth-order valence-corrected chi connectivity index (χ4v) is 3.49. The van der Waals surface area contributed by atoms with E-state index in [1.165, 1.54) is 6.20 Å². The van der Waals surface area contributed by atoms with Crippen molar-refractivity contribution in [1.29, 1.82) is 5.26 Å². The summed E-state index contributed by atoms with van der Waals surface area (Å²) < 4.78 is 6.97. The molecule has 7 nitrogen and oxygen atoms in total. The van der Waals surface area contributed by atoms with Crippen LogP contribution in [0.15, 0.2) is 65.7 Å². The van der Waals surface area contributed by atoms with E-state index in [2.05, 4.69) is 9.97 Å². The summed E-state index contributed by atoms with van der Waals surface area (Å²) in [5.74, 6) is 0.286. The molecule has 0 N–H and O–H groups in total. The summed E-state index contributed by atoms with van der Waals surface area (Å²) in [4.78, 5) is 35.0. The number of pyridine rings is 3. The van der Waals surface area contributed by atoms with Gasteiger partial charge in [0.05, 0.1) is 30.3 Å². The highest BCUT2D eigenvalue weighted by Gasteiger charge is 2.19. The number of nitriles is 1. The second-order valence-corrected chi connectivity index (χ2v) is 7.01. The van der Waals surface area contributed by atoms with Gasteiger partial charge in [0.25, 0.3) is 0 Å². The van der Waals surface area contributed by atoms with Crippen molar-refractivity contribution >= 4 is 16.8 Å². The monoisotopic (exact) mass is 410 g/mol. The Balaban J connectivity index is 1.85. The van der Waals surface area contributed by atoms with Crippen LogP contribution in [0.4, 0.5) is 0 Å². The van der Waals surface area contributed by atoms with E-state index >= 15 is 0 Å². The molecule has 3 aromatic heterocycles. The van der Waals surface area contributed by atoms with Crippen LogP contribution < -0.4 is 10.2 Å². The third-order valence-corrected chi connectivity index (χ3v) is 4.99. The van der Waals surface area contributed by atoms with Crippen molar-refractivity contribution in [2.24, 2.45) is 0 Å². The quantitative estimate of drug-likeness (QED) is 0.469.